The summed E-state index contributed by atoms with van der Waals surface area (Å²) < 4.78 is 0. The molecule has 0 aliphatic heterocycles. The maximum absolute atomic E-state index is 10.9. The van der Waals surface area contributed by atoms with Gasteiger partial charge in [0.2, 0.25) is 0 Å². The third-order valence-corrected chi connectivity index (χ3v) is 1.96. The van der Waals surface area contributed by atoms with Crippen LogP contribution in [-0.2, 0) is 6.42 Å². The van der Waals surface area contributed by atoms with Crippen LogP contribution in [0, 0.1) is 12.8 Å². The van der Waals surface area contributed by atoms with Crippen molar-refractivity contribution in [1.82, 2.24) is 4.98 Å². The molecule has 0 unspecified atom stereocenters. The highest BCUT2D eigenvalue weighted by Gasteiger charge is 2.09. The molecular weight excluding hydrogens is 164 g/mol. The van der Waals surface area contributed by atoms with Gasteiger partial charge in [-0.25, -0.2) is 0 Å². The largest absolute Gasteiger partial charge is 0.366 e. The first-order chi connectivity index (χ1) is 6.00. The van der Waals surface area contributed by atoms with Gasteiger partial charge in [0.05, 0.1) is 5.56 Å². The van der Waals surface area contributed by atoms with Crippen LogP contribution in [0.4, 0.5) is 0 Å². The van der Waals surface area contributed by atoms with E-state index in [0.29, 0.717) is 11.5 Å². The fraction of sp³-hybridized carbons (Fsp3) is 0.500. The molecule has 1 aromatic rings. The lowest BCUT2D eigenvalue weighted by atomic mass is 10.1. The normalized spacial score (nSPS) is 10.8. The van der Waals surface area contributed by atoms with Gasteiger partial charge >= 0.3 is 0 Å². The van der Waals surface area contributed by atoms with E-state index in [9.17, 15) is 4.79 Å². The second kappa shape index (κ2) is 3.64. The van der Waals surface area contributed by atoms with E-state index in [1.165, 1.54) is 0 Å². The molecule has 0 aromatic carbocycles. The maximum atomic E-state index is 10.9. The van der Waals surface area contributed by atoms with Crippen molar-refractivity contribution in [3.05, 3.63) is 23.0 Å². The van der Waals surface area contributed by atoms with Crippen LogP contribution >= 0.6 is 0 Å². The molecule has 0 aliphatic rings. The number of hydrogen-bond acceptors (Lipinski definition) is 1. The van der Waals surface area contributed by atoms with Gasteiger partial charge in [-0.3, -0.25) is 4.79 Å². The molecule has 0 radical (unpaired) electrons. The summed E-state index contributed by atoms with van der Waals surface area (Å²) in [6.07, 6.45) is 0.952. The first-order valence-corrected chi connectivity index (χ1v) is 4.49. The fourth-order valence-electron chi connectivity index (χ4n) is 1.43. The molecule has 1 aromatic heterocycles. The van der Waals surface area contributed by atoms with Crippen molar-refractivity contribution >= 4 is 5.91 Å². The van der Waals surface area contributed by atoms with Gasteiger partial charge in [-0.15, -0.1) is 0 Å². The summed E-state index contributed by atoms with van der Waals surface area (Å²) >= 11 is 0. The summed E-state index contributed by atoms with van der Waals surface area (Å²) in [4.78, 5) is 14.1. The molecule has 72 valence electrons. The summed E-state index contributed by atoms with van der Waals surface area (Å²) in [5, 5.41) is 0. The average molecular weight is 180 g/mol. The zero-order chi connectivity index (χ0) is 10.0. The van der Waals surface area contributed by atoms with Gasteiger partial charge in [0.1, 0.15) is 0 Å². The van der Waals surface area contributed by atoms with Gasteiger partial charge in [-0.2, -0.15) is 0 Å². The Labute approximate surface area is 78.3 Å². The number of nitrogens with one attached hydrogen (secondary N) is 1. The number of aromatic amines is 1. The van der Waals surface area contributed by atoms with E-state index in [1.807, 2.05) is 13.0 Å². The van der Waals surface area contributed by atoms with E-state index >= 15 is 0 Å². The van der Waals surface area contributed by atoms with E-state index in [4.69, 9.17) is 5.73 Å². The number of amides is 1. The second-order valence-electron chi connectivity index (χ2n) is 3.80. The molecule has 1 rings (SSSR count). The number of aryl methyl sites for hydroxylation is 1. The zero-order valence-electron chi connectivity index (χ0n) is 8.35. The van der Waals surface area contributed by atoms with Crippen molar-refractivity contribution < 1.29 is 4.79 Å². The molecule has 0 atom stereocenters. The van der Waals surface area contributed by atoms with Gasteiger partial charge in [-0.1, -0.05) is 13.8 Å². The SMILES string of the molecule is Cc1[nH]c(CC(C)C)cc1C(N)=O. The minimum Gasteiger partial charge on any atom is -0.366 e. The summed E-state index contributed by atoms with van der Waals surface area (Å²) in [6, 6.07) is 1.84. The monoisotopic (exact) mass is 180 g/mol. The van der Waals surface area contributed by atoms with Gasteiger partial charge in [-0.05, 0) is 25.3 Å². The van der Waals surface area contributed by atoms with E-state index in [-0.39, 0.29) is 5.91 Å². The predicted molar refractivity (Wildman–Crippen MR) is 52.6 cm³/mol. The number of nitrogens with two attached hydrogens (primary N) is 1. The van der Waals surface area contributed by atoms with Crippen molar-refractivity contribution in [3.8, 4) is 0 Å². The molecule has 1 amide bonds. The van der Waals surface area contributed by atoms with E-state index in [2.05, 4.69) is 18.8 Å². The van der Waals surface area contributed by atoms with Crippen LogP contribution < -0.4 is 5.73 Å². The Morgan fingerprint density at radius 2 is 2.23 bits per heavy atom. The molecule has 0 spiro atoms. The van der Waals surface area contributed by atoms with E-state index in [1.54, 1.807) is 0 Å². The molecule has 0 fully saturated rings. The summed E-state index contributed by atoms with van der Waals surface area (Å²) in [6.45, 7) is 6.14. The van der Waals surface area contributed by atoms with Crippen LogP contribution in [0.15, 0.2) is 6.07 Å². The Hall–Kier alpha value is -1.25. The maximum Gasteiger partial charge on any atom is 0.250 e. The number of H-pyrrole nitrogens is 1. The topological polar surface area (TPSA) is 58.9 Å². The standard InChI is InChI=1S/C10H16N2O/c1-6(2)4-8-5-9(10(11)13)7(3)12-8/h5-6,12H,4H2,1-3H3,(H2,11,13). The highest BCUT2D eigenvalue weighted by atomic mass is 16.1. The zero-order valence-corrected chi connectivity index (χ0v) is 8.35. The van der Waals surface area contributed by atoms with Crippen LogP contribution in [0.2, 0.25) is 0 Å². The van der Waals surface area contributed by atoms with Crippen LogP contribution in [0.3, 0.4) is 0 Å². The first kappa shape index (κ1) is 9.84. The van der Waals surface area contributed by atoms with Crippen LogP contribution in [0.5, 0.6) is 0 Å². The molecule has 0 aliphatic carbocycles. The number of primary amides is 1. The van der Waals surface area contributed by atoms with Gasteiger partial charge in [0.25, 0.3) is 5.91 Å². The second-order valence-corrected chi connectivity index (χ2v) is 3.80. The van der Waals surface area contributed by atoms with Crippen molar-refractivity contribution in [2.75, 3.05) is 0 Å². The van der Waals surface area contributed by atoms with Crippen molar-refractivity contribution in [2.45, 2.75) is 27.2 Å². The minimum atomic E-state index is -0.358. The Morgan fingerprint density at radius 3 is 2.62 bits per heavy atom. The Kier molecular flexibility index (Phi) is 2.76. The highest BCUT2D eigenvalue weighted by molar-refractivity contribution is 5.94. The molecule has 0 saturated heterocycles. The van der Waals surface area contributed by atoms with Gasteiger partial charge < -0.3 is 10.7 Å². The molecule has 3 heteroatoms. The molecule has 3 N–H and O–H groups in total. The number of aromatic nitrogens is 1. The lowest BCUT2D eigenvalue weighted by molar-refractivity contribution is 0.1000. The Morgan fingerprint density at radius 1 is 1.62 bits per heavy atom. The van der Waals surface area contributed by atoms with Gasteiger partial charge in [0, 0.05) is 11.4 Å². The van der Waals surface area contributed by atoms with Crippen molar-refractivity contribution in [3.63, 3.8) is 0 Å². The predicted octanol–water partition coefficient (Wildman–Crippen LogP) is 1.62. The molecular formula is C10H16N2O. The minimum absolute atomic E-state index is 0.358. The van der Waals surface area contributed by atoms with Crippen LogP contribution in [-0.4, -0.2) is 10.9 Å². The third-order valence-electron chi connectivity index (χ3n) is 1.96. The molecule has 1 heterocycles. The highest BCUT2D eigenvalue weighted by Crippen LogP contribution is 2.12. The molecule has 3 nitrogen and oxygen atoms in total. The lowest BCUT2D eigenvalue weighted by Crippen LogP contribution is -2.10. The summed E-state index contributed by atoms with van der Waals surface area (Å²) in [7, 11) is 0. The fourth-order valence-corrected chi connectivity index (χ4v) is 1.43. The summed E-state index contributed by atoms with van der Waals surface area (Å²) in [5.74, 6) is 0.225. The van der Waals surface area contributed by atoms with Gasteiger partial charge in [0.15, 0.2) is 0 Å². The lowest BCUT2D eigenvalue weighted by Gasteiger charge is -2.00. The van der Waals surface area contributed by atoms with E-state index < -0.39 is 0 Å². The summed E-state index contributed by atoms with van der Waals surface area (Å²) in [5.41, 5.74) is 7.76. The first-order valence-electron chi connectivity index (χ1n) is 4.49. The van der Waals surface area contributed by atoms with E-state index in [0.717, 1.165) is 17.8 Å². The molecule has 13 heavy (non-hydrogen) atoms. The number of hydrogen-bond donors (Lipinski definition) is 2. The van der Waals surface area contributed by atoms with Crippen molar-refractivity contribution in [1.29, 1.82) is 0 Å². The molecule has 0 saturated carbocycles. The molecule has 0 bridgehead atoms. The average Bonchev–Trinajstić information content (AvgIpc) is 2.29. The van der Waals surface area contributed by atoms with Crippen LogP contribution in [0.25, 0.3) is 0 Å². The Balaban J connectivity index is 2.89. The Bertz CT molecular complexity index is 313. The van der Waals surface area contributed by atoms with Crippen molar-refractivity contribution in [2.24, 2.45) is 11.7 Å². The number of carbonyl (C=O) groups is 1. The number of rotatable bonds is 3. The smallest absolute Gasteiger partial charge is 0.250 e. The quantitative estimate of drug-likeness (QED) is 0.729. The third kappa shape index (κ3) is 2.34. The van der Waals surface area contributed by atoms with Crippen LogP contribution in [0.1, 0.15) is 35.6 Å². The number of carbonyl (C=O) groups excluding carboxylic acids is 1.